The Morgan fingerprint density at radius 1 is 1.28 bits per heavy atom. The van der Waals surface area contributed by atoms with Crippen LogP contribution in [0, 0.1) is 11.3 Å². The van der Waals surface area contributed by atoms with Crippen LogP contribution in [0.5, 0.6) is 0 Å². The van der Waals surface area contributed by atoms with Gasteiger partial charge in [0.05, 0.1) is 5.56 Å². The number of para-hydroxylation sites is 1. The highest BCUT2D eigenvalue weighted by atomic mass is 15.2. The Hall–Kier alpha value is -3.06. The summed E-state index contributed by atoms with van der Waals surface area (Å²) in [5.41, 5.74) is 5.94. The standard InChI is InChI=1S/C21H20N4/c1-2-16-4-3-5-18-19(14-24-21(16)18)17-8-10-25(11-9-17)20-7-6-15(12-22)13-23-20/h3-8,13-14,24H,2,9-11H2,1H3. The molecule has 124 valence electrons. The Labute approximate surface area is 147 Å². The molecule has 0 saturated heterocycles. The van der Waals surface area contributed by atoms with E-state index in [1.54, 1.807) is 6.20 Å². The number of nitrogens with zero attached hydrogens (tertiary/aromatic N) is 3. The number of fused-ring (bicyclic) bond motifs is 1. The lowest BCUT2D eigenvalue weighted by Gasteiger charge is -2.27. The molecule has 2 aromatic heterocycles. The second-order valence-electron chi connectivity index (χ2n) is 6.34. The van der Waals surface area contributed by atoms with E-state index in [-0.39, 0.29) is 0 Å². The smallest absolute Gasteiger partial charge is 0.128 e. The summed E-state index contributed by atoms with van der Waals surface area (Å²) in [6, 6.07) is 12.4. The van der Waals surface area contributed by atoms with Crippen LogP contribution in [0.25, 0.3) is 16.5 Å². The van der Waals surface area contributed by atoms with Crippen molar-refractivity contribution < 1.29 is 0 Å². The number of nitrogens with one attached hydrogen (secondary N) is 1. The molecule has 1 aliphatic rings. The second-order valence-corrected chi connectivity index (χ2v) is 6.34. The molecule has 0 aliphatic carbocycles. The summed E-state index contributed by atoms with van der Waals surface area (Å²) in [6.45, 7) is 3.97. The zero-order chi connectivity index (χ0) is 17.2. The van der Waals surface area contributed by atoms with Gasteiger partial charge in [-0.2, -0.15) is 5.26 Å². The van der Waals surface area contributed by atoms with Gasteiger partial charge in [0.15, 0.2) is 0 Å². The molecule has 0 saturated carbocycles. The molecule has 25 heavy (non-hydrogen) atoms. The zero-order valence-corrected chi connectivity index (χ0v) is 14.3. The van der Waals surface area contributed by atoms with Gasteiger partial charge in [0.1, 0.15) is 11.9 Å². The Bertz CT molecular complexity index is 973. The predicted octanol–water partition coefficient (Wildman–Crippen LogP) is 4.29. The van der Waals surface area contributed by atoms with Gasteiger partial charge in [0.25, 0.3) is 0 Å². The summed E-state index contributed by atoms with van der Waals surface area (Å²) in [5, 5.41) is 10.2. The fraction of sp³-hybridized carbons (Fsp3) is 0.238. The van der Waals surface area contributed by atoms with Crippen LogP contribution < -0.4 is 4.90 Å². The number of nitriles is 1. The summed E-state index contributed by atoms with van der Waals surface area (Å²) < 4.78 is 0. The van der Waals surface area contributed by atoms with Crippen molar-refractivity contribution in [2.45, 2.75) is 19.8 Å². The Kier molecular flexibility index (Phi) is 3.99. The monoisotopic (exact) mass is 328 g/mol. The number of anilines is 1. The summed E-state index contributed by atoms with van der Waals surface area (Å²) in [4.78, 5) is 10.1. The van der Waals surface area contributed by atoms with E-state index in [0.717, 1.165) is 31.7 Å². The number of aromatic amines is 1. The molecule has 0 bridgehead atoms. The van der Waals surface area contributed by atoms with Crippen molar-refractivity contribution in [2.75, 3.05) is 18.0 Å². The van der Waals surface area contributed by atoms with Crippen molar-refractivity contribution in [1.29, 1.82) is 5.26 Å². The van der Waals surface area contributed by atoms with Crippen LogP contribution in [-0.2, 0) is 6.42 Å². The maximum Gasteiger partial charge on any atom is 0.128 e. The number of hydrogen-bond donors (Lipinski definition) is 1. The number of rotatable bonds is 3. The summed E-state index contributed by atoms with van der Waals surface area (Å²) in [7, 11) is 0. The number of pyridine rings is 1. The van der Waals surface area contributed by atoms with Gasteiger partial charge in [-0.1, -0.05) is 31.2 Å². The second kappa shape index (κ2) is 6.45. The summed E-state index contributed by atoms with van der Waals surface area (Å²) in [6.07, 6.45) is 8.11. The van der Waals surface area contributed by atoms with Crippen molar-refractivity contribution in [3.63, 3.8) is 0 Å². The van der Waals surface area contributed by atoms with Gasteiger partial charge in [-0.3, -0.25) is 0 Å². The lowest BCUT2D eigenvalue weighted by molar-refractivity contribution is 0.817. The first-order chi connectivity index (χ1) is 12.3. The molecule has 1 N–H and O–H groups in total. The van der Waals surface area contributed by atoms with Gasteiger partial charge in [0.2, 0.25) is 0 Å². The molecule has 0 fully saturated rings. The van der Waals surface area contributed by atoms with E-state index in [4.69, 9.17) is 5.26 Å². The van der Waals surface area contributed by atoms with Crippen LogP contribution in [0.2, 0.25) is 0 Å². The summed E-state index contributed by atoms with van der Waals surface area (Å²) in [5.74, 6) is 0.932. The molecule has 4 nitrogen and oxygen atoms in total. The molecule has 3 heterocycles. The van der Waals surface area contributed by atoms with Gasteiger partial charge >= 0.3 is 0 Å². The molecule has 0 unspecified atom stereocenters. The molecule has 4 heteroatoms. The minimum Gasteiger partial charge on any atom is -0.360 e. The number of hydrogen-bond acceptors (Lipinski definition) is 3. The maximum atomic E-state index is 8.89. The normalized spacial score (nSPS) is 14.4. The fourth-order valence-electron chi connectivity index (χ4n) is 3.54. The molecule has 0 amide bonds. The zero-order valence-electron chi connectivity index (χ0n) is 14.3. The average Bonchev–Trinajstić information content (AvgIpc) is 3.12. The highest BCUT2D eigenvalue weighted by molar-refractivity contribution is 5.94. The fourth-order valence-corrected chi connectivity index (χ4v) is 3.54. The molecule has 0 radical (unpaired) electrons. The van der Waals surface area contributed by atoms with Crippen LogP contribution in [0.3, 0.4) is 0 Å². The van der Waals surface area contributed by atoms with E-state index in [2.05, 4.69) is 58.3 Å². The van der Waals surface area contributed by atoms with E-state index < -0.39 is 0 Å². The first kappa shape index (κ1) is 15.5. The Morgan fingerprint density at radius 2 is 2.20 bits per heavy atom. The van der Waals surface area contributed by atoms with Gasteiger partial charge in [-0.05, 0) is 36.1 Å². The van der Waals surface area contributed by atoms with Crippen LogP contribution in [0.1, 0.15) is 30.0 Å². The quantitative estimate of drug-likeness (QED) is 0.780. The van der Waals surface area contributed by atoms with Crippen LogP contribution in [-0.4, -0.2) is 23.1 Å². The molecule has 0 atom stereocenters. The van der Waals surface area contributed by atoms with Gasteiger partial charge in [0, 0.05) is 41.9 Å². The van der Waals surface area contributed by atoms with Crippen molar-refractivity contribution in [3.05, 3.63) is 65.5 Å². The van der Waals surface area contributed by atoms with Crippen molar-refractivity contribution >= 4 is 22.3 Å². The van der Waals surface area contributed by atoms with E-state index in [1.165, 1.54) is 27.6 Å². The van der Waals surface area contributed by atoms with E-state index in [0.29, 0.717) is 5.56 Å². The molecule has 0 spiro atoms. The highest BCUT2D eigenvalue weighted by Crippen LogP contribution is 2.31. The maximum absolute atomic E-state index is 8.89. The third-order valence-corrected chi connectivity index (χ3v) is 4.94. The highest BCUT2D eigenvalue weighted by Gasteiger charge is 2.17. The van der Waals surface area contributed by atoms with E-state index >= 15 is 0 Å². The van der Waals surface area contributed by atoms with Crippen LogP contribution >= 0.6 is 0 Å². The van der Waals surface area contributed by atoms with Gasteiger partial charge < -0.3 is 9.88 Å². The number of H-pyrrole nitrogens is 1. The minimum absolute atomic E-state index is 0.600. The van der Waals surface area contributed by atoms with E-state index in [9.17, 15) is 0 Å². The third-order valence-electron chi connectivity index (χ3n) is 4.94. The van der Waals surface area contributed by atoms with Gasteiger partial charge in [-0.15, -0.1) is 0 Å². The van der Waals surface area contributed by atoms with Crippen LogP contribution in [0.4, 0.5) is 5.82 Å². The predicted molar refractivity (Wildman–Crippen MR) is 101 cm³/mol. The molecule has 3 aromatic rings. The Balaban J connectivity index is 1.59. The lowest BCUT2D eigenvalue weighted by Crippen LogP contribution is -2.28. The number of benzene rings is 1. The van der Waals surface area contributed by atoms with E-state index in [1.807, 2.05) is 12.1 Å². The number of aromatic nitrogens is 2. The van der Waals surface area contributed by atoms with Crippen molar-refractivity contribution in [3.8, 4) is 6.07 Å². The Morgan fingerprint density at radius 3 is 2.88 bits per heavy atom. The van der Waals surface area contributed by atoms with Gasteiger partial charge in [-0.25, -0.2) is 4.98 Å². The molecular formula is C21H20N4. The molecule has 1 aromatic carbocycles. The lowest BCUT2D eigenvalue weighted by atomic mass is 9.97. The SMILES string of the molecule is CCc1cccc2c(C3=CCN(c4ccc(C#N)cn4)CC3)c[nH]c12. The summed E-state index contributed by atoms with van der Waals surface area (Å²) >= 11 is 0. The first-order valence-corrected chi connectivity index (χ1v) is 8.69. The largest absolute Gasteiger partial charge is 0.360 e. The average molecular weight is 328 g/mol. The van der Waals surface area contributed by atoms with Crippen molar-refractivity contribution in [2.24, 2.45) is 0 Å². The van der Waals surface area contributed by atoms with Crippen molar-refractivity contribution in [1.82, 2.24) is 9.97 Å². The molecule has 4 rings (SSSR count). The topological polar surface area (TPSA) is 55.7 Å². The molecular weight excluding hydrogens is 308 g/mol. The first-order valence-electron chi connectivity index (χ1n) is 8.69. The minimum atomic E-state index is 0.600. The third kappa shape index (κ3) is 2.78. The number of aryl methyl sites for hydroxylation is 1. The molecule has 1 aliphatic heterocycles. The van der Waals surface area contributed by atoms with Crippen LogP contribution in [0.15, 0.2) is 48.8 Å².